The Hall–Kier alpha value is -2.62. The van der Waals surface area contributed by atoms with Gasteiger partial charge in [-0.3, -0.25) is 9.59 Å². The van der Waals surface area contributed by atoms with Gasteiger partial charge in [0.1, 0.15) is 6.04 Å². The van der Waals surface area contributed by atoms with E-state index in [4.69, 9.17) is 0 Å². The van der Waals surface area contributed by atoms with Gasteiger partial charge >= 0.3 is 0 Å². The Bertz CT molecular complexity index is 753. The Labute approximate surface area is 156 Å². The summed E-state index contributed by atoms with van der Waals surface area (Å²) < 4.78 is 0. The molecule has 2 aromatic rings. The Kier molecular flexibility index (Phi) is 6.96. The van der Waals surface area contributed by atoms with Gasteiger partial charge in [-0.25, -0.2) is 0 Å². The zero-order valence-electron chi connectivity index (χ0n) is 16.1. The number of aryl methyl sites for hydroxylation is 3. The van der Waals surface area contributed by atoms with E-state index in [0.717, 1.165) is 16.7 Å². The highest BCUT2D eigenvalue weighted by Gasteiger charge is 2.25. The van der Waals surface area contributed by atoms with Gasteiger partial charge in [0.25, 0.3) is 0 Å². The minimum absolute atomic E-state index is 0.00933. The first-order valence-electron chi connectivity index (χ1n) is 9.03. The molecule has 0 radical (unpaired) electrons. The second kappa shape index (κ2) is 9.18. The fourth-order valence-electron chi connectivity index (χ4n) is 2.91. The summed E-state index contributed by atoms with van der Waals surface area (Å²) in [6.07, 6.45) is 1.06. The normalized spacial score (nSPS) is 11.7. The number of nitrogens with zero attached hydrogens (tertiary/aromatic N) is 1. The molecule has 2 rings (SSSR count). The average molecular weight is 352 g/mol. The van der Waals surface area contributed by atoms with Gasteiger partial charge in [0.2, 0.25) is 11.8 Å². The largest absolute Gasteiger partial charge is 0.357 e. The first-order chi connectivity index (χ1) is 12.4. The van der Waals surface area contributed by atoms with Gasteiger partial charge in [-0.05, 0) is 43.9 Å². The lowest BCUT2D eigenvalue weighted by atomic mass is 10.0. The van der Waals surface area contributed by atoms with Crippen molar-refractivity contribution in [3.63, 3.8) is 0 Å². The Morgan fingerprint density at radius 1 is 1.04 bits per heavy atom. The van der Waals surface area contributed by atoms with Crippen LogP contribution in [0.25, 0.3) is 0 Å². The maximum Gasteiger partial charge on any atom is 0.242 e. The number of benzene rings is 2. The smallest absolute Gasteiger partial charge is 0.242 e. The summed E-state index contributed by atoms with van der Waals surface area (Å²) in [6, 6.07) is 15.7. The zero-order chi connectivity index (χ0) is 19.1. The Morgan fingerprint density at radius 2 is 1.69 bits per heavy atom. The van der Waals surface area contributed by atoms with Crippen molar-refractivity contribution in [2.24, 2.45) is 0 Å². The molecule has 0 saturated heterocycles. The quantitative estimate of drug-likeness (QED) is 0.830. The fraction of sp³-hybridized carbons (Fsp3) is 0.364. The van der Waals surface area contributed by atoms with E-state index in [1.54, 1.807) is 18.9 Å². The van der Waals surface area contributed by atoms with E-state index in [0.29, 0.717) is 19.4 Å². The first-order valence-corrected chi connectivity index (χ1v) is 9.03. The number of carbonyl (C=O) groups is 2. The molecular formula is C22H28N2O2. The second-order valence-corrected chi connectivity index (χ2v) is 6.72. The minimum atomic E-state index is -0.509. The topological polar surface area (TPSA) is 49.4 Å². The number of likely N-dealkylation sites (N-methyl/N-ethyl adjacent to an activating group) is 1. The first kappa shape index (κ1) is 19.7. The van der Waals surface area contributed by atoms with E-state index in [2.05, 4.69) is 29.6 Å². The van der Waals surface area contributed by atoms with Crippen molar-refractivity contribution >= 4 is 11.8 Å². The lowest BCUT2D eigenvalue weighted by Crippen LogP contribution is -2.46. The lowest BCUT2D eigenvalue weighted by molar-refractivity contribution is -0.140. The van der Waals surface area contributed by atoms with Crippen LogP contribution in [-0.2, 0) is 22.6 Å². The molecule has 138 valence electrons. The number of hydrogen-bond donors (Lipinski definition) is 1. The maximum absolute atomic E-state index is 12.9. The molecule has 0 aliphatic heterocycles. The molecule has 0 bridgehead atoms. The van der Waals surface area contributed by atoms with Crippen LogP contribution >= 0.6 is 0 Å². The van der Waals surface area contributed by atoms with E-state index in [-0.39, 0.29) is 11.8 Å². The van der Waals surface area contributed by atoms with E-state index in [9.17, 15) is 9.59 Å². The molecule has 26 heavy (non-hydrogen) atoms. The molecule has 0 unspecified atom stereocenters. The summed E-state index contributed by atoms with van der Waals surface area (Å²) in [7, 11) is 1.60. The summed E-state index contributed by atoms with van der Waals surface area (Å²) in [5, 5.41) is 2.65. The summed E-state index contributed by atoms with van der Waals surface area (Å²) in [6.45, 7) is 6.29. The van der Waals surface area contributed by atoms with E-state index in [1.165, 1.54) is 5.56 Å². The predicted molar refractivity (Wildman–Crippen MR) is 105 cm³/mol. The highest BCUT2D eigenvalue weighted by molar-refractivity contribution is 5.87. The van der Waals surface area contributed by atoms with Crippen molar-refractivity contribution in [3.05, 3.63) is 70.8 Å². The van der Waals surface area contributed by atoms with Crippen LogP contribution in [0.1, 0.15) is 35.6 Å². The highest BCUT2D eigenvalue weighted by atomic mass is 16.2. The van der Waals surface area contributed by atoms with Gasteiger partial charge in [-0.2, -0.15) is 0 Å². The molecule has 2 aromatic carbocycles. The molecule has 0 aromatic heterocycles. The Balaban J connectivity index is 2.13. The second-order valence-electron chi connectivity index (χ2n) is 6.72. The van der Waals surface area contributed by atoms with Gasteiger partial charge in [0.15, 0.2) is 0 Å². The van der Waals surface area contributed by atoms with Gasteiger partial charge in [0, 0.05) is 20.0 Å². The molecule has 0 spiro atoms. The van der Waals surface area contributed by atoms with Crippen molar-refractivity contribution in [2.45, 2.75) is 46.2 Å². The summed E-state index contributed by atoms with van der Waals surface area (Å²) in [5.74, 6) is -0.160. The van der Waals surface area contributed by atoms with Crippen molar-refractivity contribution in [3.8, 4) is 0 Å². The summed E-state index contributed by atoms with van der Waals surface area (Å²) in [4.78, 5) is 26.7. The molecule has 4 heteroatoms. The van der Waals surface area contributed by atoms with Crippen molar-refractivity contribution in [1.29, 1.82) is 0 Å². The van der Waals surface area contributed by atoms with Crippen LogP contribution in [0.2, 0.25) is 0 Å². The lowest BCUT2D eigenvalue weighted by Gasteiger charge is -2.29. The molecule has 0 aliphatic carbocycles. The van der Waals surface area contributed by atoms with Crippen LogP contribution in [0.4, 0.5) is 0 Å². The van der Waals surface area contributed by atoms with Crippen LogP contribution in [0, 0.1) is 13.8 Å². The molecular weight excluding hydrogens is 324 g/mol. The van der Waals surface area contributed by atoms with Crippen molar-refractivity contribution in [1.82, 2.24) is 10.2 Å². The third-order valence-corrected chi connectivity index (χ3v) is 4.76. The van der Waals surface area contributed by atoms with Crippen molar-refractivity contribution < 1.29 is 9.59 Å². The molecule has 0 heterocycles. The highest BCUT2D eigenvalue weighted by Crippen LogP contribution is 2.15. The van der Waals surface area contributed by atoms with Crippen LogP contribution in [0.5, 0.6) is 0 Å². The van der Waals surface area contributed by atoms with E-state index < -0.39 is 6.04 Å². The predicted octanol–water partition coefficient (Wildman–Crippen LogP) is 3.40. The van der Waals surface area contributed by atoms with E-state index >= 15 is 0 Å². The number of nitrogens with one attached hydrogen (secondary N) is 1. The standard InChI is InChI=1S/C22H28N2O2/c1-16-9-11-19(12-10-16)13-14-21(25)24(18(3)22(26)23-4)15-20-8-6-5-7-17(20)2/h5-12,18H,13-15H2,1-4H3,(H,23,26)/t18-/m1/s1. The zero-order valence-corrected chi connectivity index (χ0v) is 16.1. The molecule has 1 N–H and O–H groups in total. The monoisotopic (exact) mass is 352 g/mol. The minimum Gasteiger partial charge on any atom is -0.357 e. The fourth-order valence-corrected chi connectivity index (χ4v) is 2.91. The van der Waals surface area contributed by atoms with Crippen LogP contribution < -0.4 is 5.32 Å². The maximum atomic E-state index is 12.9. The number of carbonyl (C=O) groups excluding carboxylic acids is 2. The van der Waals surface area contributed by atoms with Gasteiger partial charge in [-0.1, -0.05) is 54.1 Å². The van der Waals surface area contributed by atoms with Gasteiger partial charge in [0.05, 0.1) is 0 Å². The molecule has 0 fully saturated rings. The summed E-state index contributed by atoms with van der Waals surface area (Å²) >= 11 is 0. The number of hydrogen-bond acceptors (Lipinski definition) is 2. The van der Waals surface area contributed by atoms with Gasteiger partial charge < -0.3 is 10.2 Å². The van der Waals surface area contributed by atoms with E-state index in [1.807, 2.05) is 38.1 Å². The molecule has 0 aliphatic rings. The molecule has 4 nitrogen and oxygen atoms in total. The van der Waals surface area contributed by atoms with Gasteiger partial charge in [-0.15, -0.1) is 0 Å². The SMILES string of the molecule is CNC(=O)[C@@H](C)N(Cc1ccccc1C)C(=O)CCc1ccc(C)cc1. The Morgan fingerprint density at radius 3 is 2.31 bits per heavy atom. The van der Waals surface area contributed by atoms with Crippen LogP contribution in [0.15, 0.2) is 48.5 Å². The molecule has 0 saturated carbocycles. The summed E-state index contributed by atoms with van der Waals surface area (Å²) in [5.41, 5.74) is 4.52. The third-order valence-electron chi connectivity index (χ3n) is 4.76. The third kappa shape index (κ3) is 5.19. The number of amides is 2. The van der Waals surface area contributed by atoms with Crippen LogP contribution in [0.3, 0.4) is 0 Å². The van der Waals surface area contributed by atoms with Crippen molar-refractivity contribution in [2.75, 3.05) is 7.05 Å². The number of rotatable bonds is 7. The van der Waals surface area contributed by atoms with Crippen LogP contribution in [-0.4, -0.2) is 29.8 Å². The molecule has 2 amide bonds. The average Bonchev–Trinajstić information content (AvgIpc) is 2.65. The molecule has 1 atom stereocenters.